The lowest BCUT2D eigenvalue weighted by Crippen LogP contribution is -2.13. The number of furan rings is 1. The molecule has 0 spiro atoms. The van der Waals surface area contributed by atoms with Gasteiger partial charge < -0.3 is 15.1 Å². The Morgan fingerprint density at radius 2 is 1.68 bits per heavy atom. The second-order valence-electron chi connectivity index (χ2n) is 5.49. The van der Waals surface area contributed by atoms with Crippen molar-refractivity contribution in [1.82, 2.24) is 0 Å². The van der Waals surface area contributed by atoms with Gasteiger partial charge in [0.25, 0.3) is 5.91 Å². The lowest BCUT2D eigenvalue weighted by Gasteiger charge is -2.08. The van der Waals surface area contributed by atoms with Gasteiger partial charge in [-0.15, -0.1) is 0 Å². The molecule has 1 aromatic heterocycles. The third-order valence-electron chi connectivity index (χ3n) is 3.12. The average Bonchev–Trinajstić information content (AvgIpc) is 3.01. The zero-order valence-electron chi connectivity index (χ0n) is 12.8. The van der Waals surface area contributed by atoms with Crippen LogP contribution in [0, 0.1) is 5.92 Å². The molecule has 0 unspecified atom stereocenters. The van der Waals surface area contributed by atoms with Crippen molar-refractivity contribution in [2.75, 3.05) is 10.6 Å². The molecule has 2 rings (SSSR count). The molecule has 2 aromatic rings. The van der Waals surface area contributed by atoms with Gasteiger partial charge in [0.1, 0.15) is 0 Å². The minimum Gasteiger partial charge on any atom is -0.459 e. The highest BCUT2D eigenvalue weighted by molar-refractivity contribution is 6.02. The first kappa shape index (κ1) is 15.8. The molecule has 2 amide bonds. The lowest BCUT2D eigenvalue weighted by atomic mass is 10.1. The summed E-state index contributed by atoms with van der Waals surface area (Å²) in [6, 6.07) is 10.2. The van der Waals surface area contributed by atoms with E-state index >= 15 is 0 Å². The van der Waals surface area contributed by atoms with Crippen LogP contribution in [0.3, 0.4) is 0 Å². The maximum atomic E-state index is 11.8. The van der Waals surface area contributed by atoms with E-state index in [1.165, 1.54) is 6.26 Å². The van der Waals surface area contributed by atoms with E-state index in [1.807, 2.05) is 0 Å². The van der Waals surface area contributed by atoms with E-state index in [4.69, 9.17) is 4.42 Å². The molecule has 0 atom stereocenters. The molecule has 5 nitrogen and oxygen atoms in total. The van der Waals surface area contributed by atoms with E-state index < -0.39 is 0 Å². The van der Waals surface area contributed by atoms with Crippen molar-refractivity contribution >= 4 is 23.2 Å². The summed E-state index contributed by atoms with van der Waals surface area (Å²) in [6.45, 7) is 4.17. The molecule has 116 valence electrons. The van der Waals surface area contributed by atoms with Crippen LogP contribution in [0.25, 0.3) is 0 Å². The Kier molecular flexibility index (Phi) is 5.36. The zero-order valence-corrected chi connectivity index (χ0v) is 12.8. The van der Waals surface area contributed by atoms with Crippen LogP contribution in [0.5, 0.6) is 0 Å². The summed E-state index contributed by atoms with van der Waals surface area (Å²) in [4.78, 5) is 23.6. The van der Waals surface area contributed by atoms with Gasteiger partial charge in [-0.2, -0.15) is 0 Å². The fourth-order valence-electron chi connectivity index (χ4n) is 1.88. The van der Waals surface area contributed by atoms with Gasteiger partial charge in [0.2, 0.25) is 5.91 Å². The van der Waals surface area contributed by atoms with E-state index in [9.17, 15) is 9.59 Å². The molecule has 0 saturated carbocycles. The average molecular weight is 300 g/mol. The second kappa shape index (κ2) is 7.45. The minimum absolute atomic E-state index is 0.000992. The van der Waals surface area contributed by atoms with E-state index in [2.05, 4.69) is 24.5 Å². The SMILES string of the molecule is CC(C)CCC(=O)Nc1ccc(NC(=O)c2ccco2)cc1. The van der Waals surface area contributed by atoms with Crippen LogP contribution in [-0.2, 0) is 4.79 Å². The third-order valence-corrected chi connectivity index (χ3v) is 3.12. The maximum Gasteiger partial charge on any atom is 0.291 e. The van der Waals surface area contributed by atoms with Gasteiger partial charge in [0.05, 0.1) is 6.26 Å². The molecule has 1 heterocycles. The minimum atomic E-state index is -0.307. The molecule has 1 aromatic carbocycles. The molecule has 0 saturated heterocycles. The summed E-state index contributed by atoms with van der Waals surface area (Å²) >= 11 is 0. The molecule has 0 fully saturated rings. The van der Waals surface area contributed by atoms with Gasteiger partial charge in [-0.1, -0.05) is 13.8 Å². The standard InChI is InChI=1S/C17H20N2O3/c1-12(2)5-10-16(20)18-13-6-8-14(9-7-13)19-17(21)15-4-3-11-22-15/h3-4,6-9,11-12H,5,10H2,1-2H3,(H,18,20)(H,19,21). The first-order valence-electron chi connectivity index (χ1n) is 7.29. The van der Waals surface area contributed by atoms with Crippen LogP contribution < -0.4 is 10.6 Å². The predicted octanol–water partition coefficient (Wildman–Crippen LogP) is 3.91. The quantitative estimate of drug-likeness (QED) is 0.849. The van der Waals surface area contributed by atoms with Gasteiger partial charge >= 0.3 is 0 Å². The van der Waals surface area contributed by atoms with Crippen LogP contribution in [0.15, 0.2) is 47.1 Å². The van der Waals surface area contributed by atoms with E-state index in [-0.39, 0.29) is 17.6 Å². The number of nitrogens with one attached hydrogen (secondary N) is 2. The highest BCUT2D eigenvalue weighted by Gasteiger charge is 2.09. The summed E-state index contributed by atoms with van der Waals surface area (Å²) in [6.07, 6.45) is 2.82. The van der Waals surface area contributed by atoms with Crippen molar-refractivity contribution in [2.24, 2.45) is 5.92 Å². The van der Waals surface area contributed by atoms with Crippen molar-refractivity contribution in [3.05, 3.63) is 48.4 Å². The molecule has 0 aliphatic heterocycles. The largest absolute Gasteiger partial charge is 0.459 e. The van der Waals surface area contributed by atoms with Crippen LogP contribution in [0.2, 0.25) is 0 Å². The Bertz CT molecular complexity index is 616. The molecule has 0 bridgehead atoms. The molecular formula is C17H20N2O3. The lowest BCUT2D eigenvalue weighted by molar-refractivity contribution is -0.116. The molecule has 0 aliphatic carbocycles. The highest BCUT2D eigenvalue weighted by Crippen LogP contribution is 2.15. The van der Waals surface area contributed by atoms with Crippen molar-refractivity contribution in [3.63, 3.8) is 0 Å². The number of carbonyl (C=O) groups is 2. The van der Waals surface area contributed by atoms with Crippen LogP contribution in [0.4, 0.5) is 11.4 Å². The fraction of sp³-hybridized carbons (Fsp3) is 0.294. The second-order valence-corrected chi connectivity index (χ2v) is 5.49. The number of carbonyl (C=O) groups excluding carboxylic acids is 2. The van der Waals surface area contributed by atoms with Gasteiger partial charge in [-0.05, 0) is 48.7 Å². The van der Waals surface area contributed by atoms with E-state index in [0.717, 1.165) is 6.42 Å². The molecular weight excluding hydrogens is 280 g/mol. The predicted molar refractivity (Wildman–Crippen MR) is 85.8 cm³/mol. The number of anilines is 2. The van der Waals surface area contributed by atoms with Gasteiger partial charge in [0.15, 0.2) is 5.76 Å². The van der Waals surface area contributed by atoms with Gasteiger partial charge in [-0.3, -0.25) is 9.59 Å². The topological polar surface area (TPSA) is 71.3 Å². The number of benzene rings is 1. The smallest absolute Gasteiger partial charge is 0.291 e. The Morgan fingerprint density at radius 3 is 2.23 bits per heavy atom. The fourth-order valence-corrected chi connectivity index (χ4v) is 1.88. The first-order valence-corrected chi connectivity index (χ1v) is 7.29. The van der Waals surface area contributed by atoms with Crippen molar-refractivity contribution in [2.45, 2.75) is 26.7 Å². The molecule has 22 heavy (non-hydrogen) atoms. The Balaban J connectivity index is 1.87. The summed E-state index contributed by atoms with van der Waals surface area (Å²) in [5.74, 6) is 0.454. The van der Waals surface area contributed by atoms with Crippen molar-refractivity contribution in [1.29, 1.82) is 0 Å². The maximum absolute atomic E-state index is 11.8. The van der Waals surface area contributed by atoms with Gasteiger partial charge in [0, 0.05) is 17.8 Å². The Hall–Kier alpha value is -2.56. The third kappa shape index (κ3) is 4.77. The van der Waals surface area contributed by atoms with Crippen molar-refractivity contribution < 1.29 is 14.0 Å². The molecule has 0 radical (unpaired) electrons. The van der Waals surface area contributed by atoms with Crippen LogP contribution >= 0.6 is 0 Å². The highest BCUT2D eigenvalue weighted by atomic mass is 16.3. The van der Waals surface area contributed by atoms with Crippen molar-refractivity contribution in [3.8, 4) is 0 Å². The molecule has 5 heteroatoms. The van der Waals surface area contributed by atoms with E-state index in [0.29, 0.717) is 23.7 Å². The summed E-state index contributed by atoms with van der Waals surface area (Å²) < 4.78 is 5.02. The summed E-state index contributed by atoms with van der Waals surface area (Å²) in [5, 5.41) is 5.55. The number of amides is 2. The van der Waals surface area contributed by atoms with Crippen LogP contribution in [0.1, 0.15) is 37.2 Å². The molecule has 0 aliphatic rings. The number of rotatable bonds is 6. The molecule has 2 N–H and O–H groups in total. The van der Waals surface area contributed by atoms with Gasteiger partial charge in [-0.25, -0.2) is 0 Å². The normalized spacial score (nSPS) is 10.5. The summed E-state index contributed by atoms with van der Waals surface area (Å²) in [7, 11) is 0. The van der Waals surface area contributed by atoms with Crippen LogP contribution in [-0.4, -0.2) is 11.8 Å². The Labute approximate surface area is 129 Å². The summed E-state index contributed by atoms with van der Waals surface area (Å²) in [5.41, 5.74) is 1.35. The first-order chi connectivity index (χ1) is 10.5. The number of hydrogen-bond donors (Lipinski definition) is 2. The monoisotopic (exact) mass is 300 g/mol. The van der Waals surface area contributed by atoms with E-state index in [1.54, 1.807) is 36.4 Å². The number of hydrogen-bond acceptors (Lipinski definition) is 3. The zero-order chi connectivity index (χ0) is 15.9. The Morgan fingerprint density at radius 1 is 1.05 bits per heavy atom.